The molecule has 0 radical (unpaired) electrons. The van der Waals surface area contributed by atoms with Crippen LogP contribution in [0.4, 0.5) is 10.7 Å². The molecule has 2 N–H and O–H groups in total. The molecule has 1 aliphatic heterocycles. The zero-order valence-electron chi connectivity index (χ0n) is 17.4. The van der Waals surface area contributed by atoms with Crippen LogP contribution in [0.15, 0.2) is 29.2 Å². The quantitative estimate of drug-likeness (QED) is 0.592. The van der Waals surface area contributed by atoms with E-state index in [1.165, 1.54) is 23.1 Å². The van der Waals surface area contributed by atoms with Crippen molar-refractivity contribution in [2.24, 2.45) is 0 Å². The summed E-state index contributed by atoms with van der Waals surface area (Å²) in [5.74, 6) is -1.93. The molecule has 2 amide bonds. The Labute approximate surface area is 193 Å². The van der Waals surface area contributed by atoms with Gasteiger partial charge in [0.25, 0.3) is 5.91 Å². The van der Waals surface area contributed by atoms with E-state index in [2.05, 4.69) is 10.6 Å². The minimum atomic E-state index is -0.647. The molecule has 0 unspecified atom stereocenters. The maximum Gasteiger partial charge on any atom is 0.341 e. The second-order valence-corrected chi connectivity index (χ2v) is 9.64. The first kappa shape index (κ1) is 22.3. The zero-order chi connectivity index (χ0) is 22.7. The topological polar surface area (TPSA) is 111 Å². The van der Waals surface area contributed by atoms with Gasteiger partial charge in [0, 0.05) is 9.77 Å². The number of hydrogen-bond acceptors (Lipinski definition) is 8. The molecule has 2 aliphatic rings. The number of ether oxygens (including phenoxy) is 2. The monoisotopic (exact) mass is 474 g/mol. The maximum atomic E-state index is 12.4. The number of benzene rings is 1. The van der Waals surface area contributed by atoms with E-state index in [9.17, 15) is 19.2 Å². The van der Waals surface area contributed by atoms with Crippen LogP contribution in [0.3, 0.4) is 0 Å². The highest BCUT2D eigenvalue weighted by molar-refractivity contribution is 8.01. The first-order valence-electron chi connectivity index (χ1n) is 10.3. The lowest BCUT2D eigenvalue weighted by Gasteiger charge is -2.23. The van der Waals surface area contributed by atoms with Crippen molar-refractivity contribution < 1.29 is 28.7 Å². The van der Waals surface area contributed by atoms with Crippen molar-refractivity contribution in [3.8, 4) is 0 Å². The van der Waals surface area contributed by atoms with E-state index in [1.807, 2.05) is 18.2 Å². The number of carbonyl (C=O) groups is 4. The van der Waals surface area contributed by atoms with Gasteiger partial charge in [0.1, 0.15) is 5.00 Å². The molecular formula is C22H22N2O6S2. The molecule has 1 atom stereocenters. The second kappa shape index (κ2) is 9.74. The van der Waals surface area contributed by atoms with Crippen LogP contribution in [0.1, 0.15) is 40.6 Å². The van der Waals surface area contributed by atoms with E-state index in [1.54, 1.807) is 13.0 Å². The number of carbonyl (C=O) groups excluding carboxylic acids is 4. The fraction of sp³-hybridized carbons (Fsp3) is 0.364. The number of nitrogens with one attached hydrogen (secondary N) is 2. The van der Waals surface area contributed by atoms with Crippen LogP contribution in [0.5, 0.6) is 0 Å². The third kappa shape index (κ3) is 4.81. The standard InChI is InChI=1S/C22H22N2O6S2/c1-2-29-22(28)19-12-6-5-9-14(12)32-21(19)24-17(25)11-30-18(26)10-16-20(27)23-13-7-3-4-8-15(13)31-16/h3-4,7-8,16H,2,5-6,9-11H2,1H3,(H,23,27)(H,24,25)/t16-/m0/s1. The molecule has 0 bridgehead atoms. The normalized spacial score (nSPS) is 16.5. The van der Waals surface area contributed by atoms with Crippen molar-refractivity contribution >= 4 is 57.5 Å². The summed E-state index contributed by atoms with van der Waals surface area (Å²) in [5.41, 5.74) is 2.05. The molecular weight excluding hydrogens is 452 g/mol. The fourth-order valence-corrected chi connectivity index (χ4v) is 6.05. The van der Waals surface area contributed by atoms with Gasteiger partial charge in [-0.15, -0.1) is 23.1 Å². The smallest absolute Gasteiger partial charge is 0.341 e. The molecule has 1 aromatic carbocycles. The van der Waals surface area contributed by atoms with Gasteiger partial charge in [-0.3, -0.25) is 14.4 Å². The molecule has 0 saturated carbocycles. The van der Waals surface area contributed by atoms with Gasteiger partial charge in [0.15, 0.2) is 6.61 Å². The fourth-order valence-electron chi connectivity index (χ4n) is 3.66. The Bertz CT molecular complexity index is 1080. The van der Waals surface area contributed by atoms with Gasteiger partial charge >= 0.3 is 11.9 Å². The molecule has 1 aliphatic carbocycles. The molecule has 168 valence electrons. The van der Waals surface area contributed by atoms with Crippen LogP contribution in [-0.4, -0.2) is 42.2 Å². The minimum Gasteiger partial charge on any atom is -0.462 e. The molecule has 0 saturated heterocycles. The number of para-hydroxylation sites is 1. The lowest BCUT2D eigenvalue weighted by molar-refractivity contribution is -0.147. The largest absolute Gasteiger partial charge is 0.462 e. The van der Waals surface area contributed by atoms with Crippen LogP contribution in [0, 0.1) is 0 Å². The van der Waals surface area contributed by atoms with E-state index in [0.29, 0.717) is 16.3 Å². The highest BCUT2D eigenvalue weighted by atomic mass is 32.2. The Morgan fingerprint density at radius 2 is 2.00 bits per heavy atom. The van der Waals surface area contributed by atoms with Crippen molar-refractivity contribution in [2.45, 2.75) is 42.8 Å². The number of rotatable bonds is 7. The van der Waals surface area contributed by atoms with Crippen molar-refractivity contribution in [3.63, 3.8) is 0 Å². The van der Waals surface area contributed by atoms with Crippen LogP contribution in [-0.2, 0) is 36.7 Å². The molecule has 0 spiro atoms. The lowest BCUT2D eigenvalue weighted by atomic mass is 10.1. The zero-order valence-corrected chi connectivity index (χ0v) is 19.0. The van der Waals surface area contributed by atoms with Crippen LogP contribution < -0.4 is 10.6 Å². The minimum absolute atomic E-state index is 0.153. The summed E-state index contributed by atoms with van der Waals surface area (Å²) in [4.78, 5) is 51.2. The van der Waals surface area contributed by atoms with Crippen molar-refractivity contribution in [1.82, 2.24) is 0 Å². The summed E-state index contributed by atoms with van der Waals surface area (Å²) in [5, 5.41) is 5.24. The third-order valence-corrected chi connectivity index (χ3v) is 7.56. The van der Waals surface area contributed by atoms with Crippen molar-refractivity contribution in [2.75, 3.05) is 23.8 Å². The number of aryl methyl sites for hydroxylation is 1. The summed E-state index contributed by atoms with van der Waals surface area (Å²) >= 11 is 2.65. The Hall–Kier alpha value is -2.85. The van der Waals surface area contributed by atoms with Gasteiger partial charge in [-0.25, -0.2) is 4.79 Å². The number of hydrogen-bond donors (Lipinski definition) is 2. The van der Waals surface area contributed by atoms with E-state index in [4.69, 9.17) is 9.47 Å². The average Bonchev–Trinajstić information content (AvgIpc) is 3.33. The Morgan fingerprint density at radius 1 is 1.19 bits per heavy atom. The van der Waals surface area contributed by atoms with Crippen LogP contribution in [0.25, 0.3) is 0 Å². The number of thiophene rings is 1. The number of anilines is 2. The SMILES string of the molecule is CCOC(=O)c1c(NC(=O)COC(=O)C[C@@H]2Sc3ccccc3NC2=O)sc2c1CCC2. The van der Waals surface area contributed by atoms with Gasteiger partial charge in [-0.1, -0.05) is 12.1 Å². The van der Waals surface area contributed by atoms with E-state index < -0.39 is 29.7 Å². The molecule has 8 nitrogen and oxygen atoms in total. The first-order chi connectivity index (χ1) is 15.5. The lowest BCUT2D eigenvalue weighted by Crippen LogP contribution is -2.32. The summed E-state index contributed by atoms with van der Waals surface area (Å²) in [7, 11) is 0. The number of thioether (sulfide) groups is 1. The van der Waals surface area contributed by atoms with Crippen LogP contribution >= 0.6 is 23.1 Å². The van der Waals surface area contributed by atoms with Crippen LogP contribution in [0.2, 0.25) is 0 Å². The average molecular weight is 475 g/mol. The van der Waals surface area contributed by atoms with Gasteiger partial charge in [-0.05, 0) is 43.9 Å². The summed E-state index contributed by atoms with van der Waals surface area (Å²) in [6.07, 6.45) is 2.45. The highest BCUT2D eigenvalue weighted by Crippen LogP contribution is 2.39. The number of esters is 2. The summed E-state index contributed by atoms with van der Waals surface area (Å²) < 4.78 is 10.2. The molecule has 4 rings (SSSR count). The molecule has 32 heavy (non-hydrogen) atoms. The maximum absolute atomic E-state index is 12.4. The van der Waals surface area contributed by atoms with Crippen molar-refractivity contribution in [3.05, 3.63) is 40.3 Å². The van der Waals surface area contributed by atoms with Gasteiger partial charge in [0.2, 0.25) is 5.91 Å². The number of fused-ring (bicyclic) bond motifs is 2. The van der Waals surface area contributed by atoms with Crippen molar-refractivity contribution in [1.29, 1.82) is 0 Å². The molecule has 1 aromatic heterocycles. The third-order valence-electron chi connectivity index (χ3n) is 5.08. The molecule has 2 heterocycles. The summed E-state index contributed by atoms with van der Waals surface area (Å²) in [6.45, 7) is 1.47. The van der Waals surface area contributed by atoms with Gasteiger partial charge in [-0.2, -0.15) is 0 Å². The second-order valence-electron chi connectivity index (χ2n) is 7.29. The predicted molar refractivity (Wildman–Crippen MR) is 121 cm³/mol. The predicted octanol–water partition coefficient (Wildman–Crippen LogP) is 3.40. The van der Waals surface area contributed by atoms with Gasteiger partial charge in [0.05, 0.1) is 29.5 Å². The van der Waals surface area contributed by atoms with E-state index >= 15 is 0 Å². The van der Waals surface area contributed by atoms with Gasteiger partial charge < -0.3 is 20.1 Å². The Morgan fingerprint density at radius 3 is 2.81 bits per heavy atom. The highest BCUT2D eigenvalue weighted by Gasteiger charge is 2.30. The Kier molecular flexibility index (Phi) is 6.80. The Balaban J connectivity index is 1.32. The summed E-state index contributed by atoms with van der Waals surface area (Å²) in [6, 6.07) is 7.34. The molecule has 2 aromatic rings. The first-order valence-corrected chi connectivity index (χ1v) is 12.0. The molecule has 10 heteroatoms. The number of amides is 2. The van der Waals surface area contributed by atoms with E-state index in [-0.39, 0.29) is 18.9 Å². The molecule has 0 fully saturated rings. The van der Waals surface area contributed by atoms with E-state index in [0.717, 1.165) is 34.6 Å².